The Bertz CT molecular complexity index is 472. The molecule has 2 heterocycles. The lowest BCUT2D eigenvalue weighted by Crippen LogP contribution is -2.08. The summed E-state index contributed by atoms with van der Waals surface area (Å²) in [5.74, 6) is -0.0295. The third-order valence-electron chi connectivity index (χ3n) is 1.89. The zero-order valence-corrected chi connectivity index (χ0v) is 9.26. The molecule has 0 aromatic carbocycles. The first kappa shape index (κ1) is 10.9. The molecule has 0 radical (unpaired) electrons. The molecule has 6 nitrogen and oxygen atoms in total. The lowest BCUT2D eigenvalue weighted by Gasteiger charge is -2.19. The molecular weight excluding hydrogens is 228 g/mol. The first-order chi connectivity index (χ1) is 7.68. The zero-order chi connectivity index (χ0) is 11.5. The van der Waals surface area contributed by atoms with Crippen LogP contribution in [0, 0.1) is 5.21 Å². The summed E-state index contributed by atoms with van der Waals surface area (Å²) in [4.78, 5) is 7.90. The van der Waals surface area contributed by atoms with Crippen molar-refractivity contribution in [3.05, 3.63) is 35.9 Å². The van der Waals surface area contributed by atoms with E-state index in [-0.39, 0.29) is 11.0 Å². The van der Waals surface area contributed by atoms with Crippen molar-refractivity contribution in [2.45, 2.75) is 10.1 Å². The van der Waals surface area contributed by atoms with Crippen molar-refractivity contribution in [3.63, 3.8) is 0 Å². The summed E-state index contributed by atoms with van der Waals surface area (Å²) in [7, 11) is 1.74. The molecule has 2 aromatic rings. The quantitative estimate of drug-likeness (QED) is 0.818. The van der Waals surface area contributed by atoms with Gasteiger partial charge in [0.05, 0.1) is 6.33 Å². The van der Waals surface area contributed by atoms with Crippen molar-refractivity contribution >= 4 is 17.6 Å². The Morgan fingerprint density at radius 3 is 2.88 bits per heavy atom. The summed E-state index contributed by atoms with van der Waals surface area (Å²) in [6.45, 7) is 0. The summed E-state index contributed by atoms with van der Waals surface area (Å²) in [6.07, 6.45) is 3.12. The van der Waals surface area contributed by atoms with Crippen LogP contribution in [0.4, 0.5) is 5.82 Å². The molecule has 2 aromatic heterocycles. The van der Waals surface area contributed by atoms with E-state index in [2.05, 4.69) is 9.97 Å². The van der Waals surface area contributed by atoms with Gasteiger partial charge < -0.3 is 15.0 Å². The molecule has 0 aliphatic heterocycles. The maximum Gasteiger partial charge on any atom is 0.174 e. The molecule has 0 unspecified atom stereocenters. The third-order valence-corrected chi connectivity index (χ3v) is 3.00. The van der Waals surface area contributed by atoms with Crippen LogP contribution in [0.2, 0.25) is 0 Å². The summed E-state index contributed by atoms with van der Waals surface area (Å²) in [5, 5.41) is 20.7. The average molecular weight is 237 g/mol. The SMILES string of the molecule is Cn1cnc(N([O-])O)c1Sc1ccccn1. The molecule has 84 valence electrons. The van der Waals surface area contributed by atoms with E-state index in [1.54, 1.807) is 23.9 Å². The van der Waals surface area contributed by atoms with Gasteiger partial charge in [0.25, 0.3) is 0 Å². The van der Waals surface area contributed by atoms with Gasteiger partial charge in [0, 0.05) is 13.2 Å². The number of aryl methyl sites for hydroxylation is 1. The van der Waals surface area contributed by atoms with Crippen LogP contribution >= 0.6 is 11.8 Å². The van der Waals surface area contributed by atoms with Crippen LogP contribution in [0.15, 0.2) is 40.8 Å². The Hall–Kier alpha value is -1.57. The molecular formula is C9H9N4O2S-. The number of hydrogen-bond acceptors (Lipinski definition) is 6. The number of nitrogens with zero attached hydrogens (tertiary/aromatic N) is 4. The van der Waals surface area contributed by atoms with Gasteiger partial charge in [0.15, 0.2) is 5.82 Å². The zero-order valence-electron chi connectivity index (χ0n) is 8.44. The molecule has 0 saturated carbocycles. The fourth-order valence-corrected chi connectivity index (χ4v) is 2.03. The van der Waals surface area contributed by atoms with Gasteiger partial charge in [-0.25, -0.2) is 9.97 Å². The second-order valence-electron chi connectivity index (χ2n) is 3.03. The van der Waals surface area contributed by atoms with Crippen molar-refractivity contribution in [1.29, 1.82) is 0 Å². The molecule has 0 fully saturated rings. The number of aromatic nitrogens is 3. The second kappa shape index (κ2) is 4.52. The number of rotatable bonds is 3. The van der Waals surface area contributed by atoms with Gasteiger partial charge in [-0.15, -0.1) is 0 Å². The molecule has 16 heavy (non-hydrogen) atoms. The fraction of sp³-hybridized carbons (Fsp3) is 0.111. The minimum atomic E-state index is -0.245. The minimum absolute atomic E-state index is 0.0295. The Morgan fingerprint density at radius 2 is 2.25 bits per heavy atom. The molecule has 0 aliphatic carbocycles. The normalized spacial score (nSPS) is 10.4. The van der Waals surface area contributed by atoms with E-state index in [0.717, 1.165) is 5.03 Å². The number of hydrogen-bond donors (Lipinski definition) is 1. The number of imidazole rings is 1. The molecule has 0 spiro atoms. The van der Waals surface area contributed by atoms with E-state index in [1.807, 2.05) is 12.1 Å². The summed E-state index contributed by atoms with van der Waals surface area (Å²) < 4.78 is 1.65. The van der Waals surface area contributed by atoms with E-state index in [9.17, 15) is 5.21 Å². The van der Waals surface area contributed by atoms with Gasteiger partial charge in [0.1, 0.15) is 10.1 Å². The minimum Gasteiger partial charge on any atom is -0.732 e. The van der Waals surface area contributed by atoms with Gasteiger partial charge >= 0.3 is 0 Å². The topological polar surface area (TPSA) is 77.2 Å². The highest BCUT2D eigenvalue weighted by Crippen LogP contribution is 2.32. The van der Waals surface area contributed by atoms with E-state index in [1.165, 1.54) is 18.1 Å². The van der Waals surface area contributed by atoms with Crippen LogP contribution < -0.4 is 5.23 Å². The summed E-state index contributed by atoms with van der Waals surface area (Å²) in [5.41, 5.74) is 0. The van der Waals surface area contributed by atoms with Crippen molar-refractivity contribution in [1.82, 2.24) is 14.5 Å². The number of pyridine rings is 1. The lowest BCUT2D eigenvalue weighted by atomic mass is 10.5. The molecule has 0 aliphatic rings. The Balaban J connectivity index is 2.31. The van der Waals surface area contributed by atoms with Crippen molar-refractivity contribution in [2.24, 2.45) is 7.05 Å². The number of anilines is 1. The standard InChI is InChI=1S/C9H9N4O2S/c1-12-6-11-8(13(14)15)9(12)16-7-4-2-3-5-10-7/h2-6,14H,1H3/q-1. The highest BCUT2D eigenvalue weighted by Gasteiger charge is 2.11. The van der Waals surface area contributed by atoms with Gasteiger partial charge in [-0.05, 0) is 23.9 Å². The average Bonchev–Trinajstić information content (AvgIpc) is 2.62. The van der Waals surface area contributed by atoms with Gasteiger partial charge in [-0.3, -0.25) is 5.21 Å². The molecule has 2 rings (SSSR count). The van der Waals surface area contributed by atoms with Crippen molar-refractivity contribution in [3.8, 4) is 0 Å². The Morgan fingerprint density at radius 1 is 1.44 bits per heavy atom. The molecule has 1 N–H and O–H groups in total. The smallest absolute Gasteiger partial charge is 0.174 e. The van der Waals surface area contributed by atoms with Crippen LogP contribution in [0.5, 0.6) is 0 Å². The maximum atomic E-state index is 10.8. The van der Waals surface area contributed by atoms with Gasteiger partial charge in [-0.2, -0.15) is 0 Å². The summed E-state index contributed by atoms with van der Waals surface area (Å²) >= 11 is 1.26. The molecule has 0 saturated heterocycles. The van der Waals surface area contributed by atoms with Crippen LogP contribution in [0.3, 0.4) is 0 Å². The van der Waals surface area contributed by atoms with Crippen LogP contribution in [0.25, 0.3) is 0 Å². The van der Waals surface area contributed by atoms with Crippen molar-refractivity contribution in [2.75, 3.05) is 5.23 Å². The predicted molar refractivity (Wildman–Crippen MR) is 59.2 cm³/mol. The molecule has 0 amide bonds. The predicted octanol–water partition coefficient (Wildman–Crippen LogP) is 1.66. The van der Waals surface area contributed by atoms with Gasteiger partial charge in [-0.1, -0.05) is 6.07 Å². The molecule has 7 heteroatoms. The van der Waals surface area contributed by atoms with Gasteiger partial charge in [0.2, 0.25) is 0 Å². The van der Waals surface area contributed by atoms with E-state index < -0.39 is 0 Å². The fourth-order valence-electron chi connectivity index (χ4n) is 1.16. The Kier molecular flexibility index (Phi) is 3.09. The highest BCUT2D eigenvalue weighted by molar-refractivity contribution is 7.99. The second-order valence-corrected chi connectivity index (χ2v) is 4.04. The maximum absolute atomic E-state index is 10.8. The van der Waals surface area contributed by atoms with E-state index in [0.29, 0.717) is 5.03 Å². The first-order valence-corrected chi connectivity index (χ1v) is 5.26. The third kappa shape index (κ3) is 2.16. The highest BCUT2D eigenvalue weighted by atomic mass is 32.2. The van der Waals surface area contributed by atoms with E-state index in [4.69, 9.17) is 5.21 Å². The van der Waals surface area contributed by atoms with Crippen LogP contribution in [-0.2, 0) is 7.05 Å². The monoisotopic (exact) mass is 237 g/mol. The lowest BCUT2D eigenvalue weighted by molar-refractivity contribution is 0.291. The largest absolute Gasteiger partial charge is 0.732 e. The Labute approximate surface area is 96.1 Å². The summed E-state index contributed by atoms with van der Waals surface area (Å²) in [6, 6.07) is 5.47. The molecule has 0 atom stereocenters. The molecule has 0 bridgehead atoms. The first-order valence-electron chi connectivity index (χ1n) is 4.45. The van der Waals surface area contributed by atoms with Crippen LogP contribution in [-0.4, -0.2) is 19.7 Å². The van der Waals surface area contributed by atoms with E-state index >= 15 is 0 Å². The van der Waals surface area contributed by atoms with Crippen molar-refractivity contribution < 1.29 is 5.21 Å². The van der Waals surface area contributed by atoms with Crippen LogP contribution in [0.1, 0.15) is 0 Å².